The van der Waals surface area contributed by atoms with Crippen LogP contribution < -0.4 is 0 Å². The van der Waals surface area contributed by atoms with Gasteiger partial charge in [-0.25, -0.2) is 0 Å². The average Bonchev–Trinajstić information content (AvgIpc) is 3.17. The molecule has 0 heterocycles. The fourth-order valence-corrected chi connectivity index (χ4v) is 11.8. The zero-order valence-electron chi connectivity index (χ0n) is 15.0. The molecule has 0 radical (unpaired) electrons. The van der Waals surface area contributed by atoms with Crippen LogP contribution in [-0.2, 0) is 38.9 Å². The Balaban J connectivity index is 1.72. The second-order valence-corrected chi connectivity index (χ2v) is 14.6. The number of hydrogen-bond acceptors (Lipinski definition) is 0. The van der Waals surface area contributed by atoms with Crippen molar-refractivity contribution in [2.75, 3.05) is 0 Å². The number of allylic oxidation sites excluding steroid dienone is 5. The summed E-state index contributed by atoms with van der Waals surface area (Å²) in [5.74, 6) is 0. The van der Waals surface area contributed by atoms with E-state index in [1.807, 2.05) is 0 Å². The topological polar surface area (TPSA) is 0 Å². The van der Waals surface area contributed by atoms with Gasteiger partial charge in [0.2, 0.25) is 0 Å². The van der Waals surface area contributed by atoms with Crippen molar-refractivity contribution in [1.29, 1.82) is 0 Å². The zero-order valence-corrected chi connectivity index (χ0v) is 18.6. The van der Waals surface area contributed by atoms with Gasteiger partial charge in [-0.3, -0.25) is 0 Å². The molecular formula is C22H26Hf. The van der Waals surface area contributed by atoms with Crippen LogP contribution in [0, 0.1) is 0 Å². The van der Waals surface area contributed by atoms with Crippen molar-refractivity contribution >= 4 is 6.08 Å². The van der Waals surface area contributed by atoms with Gasteiger partial charge < -0.3 is 0 Å². The Labute approximate surface area is 152 Å². The van der Waals surface area contributed by atoms with Crippen LogP contribution in [0.4, 0.5) is 0 Å². The molecule has 0 saturated heterocycles. The number of aryl methyl sites for hydroxylation is 2. The molecule has 0 aromatic heterocycles. The third-order valence-corrected chi connectivity index (χ3v) is 14.3. The summed E-state index contributed by atoms with van der Waals surface area (Å²) in [7, 11) is 0. The summed E-state index contributed by atoms with van der Waals surface area (Å²) in [6.07, 6.45) is 8.92. The van der Waals surface area contributed by atoms with Gasteiger partial charge in [0.1, 0.15) is 0 Å². The van der Waals surface area contributed by atoms with Gasteiger partial charge in [-0.15, -0.1) is 0 Å². The SMILES string of the molecule is CC1=C(C)[CH]([Hf][C]2(C)C=Cc3cc4c(cc32)CCC4)C(C)=C1C. The second kappa shape index (κ2) is 5.41. The van der Waals surface area contributed by atoms with Gasteiger partial charge in [0, 0.05) is 0 Å². The summed E-state index contributed by atoms with van der Waals surface area (Å²) in [5, 5.41) is 0. The fourth-order valence-electron chi connectivity index (χ4n) is 4.57. The van der Waals surface area contributed by atoms with Crippen molar-refractivity contribution in [3.8, 4) is 0 Å². The van der Waals surface area contributed by atoms with E-state index in [4.69, 9.17) is 0 Å². The van der Waals surface area contributed by atoms with E-state index in [-0.39, 0.29) is 0 Å². The molecule has 3 aliphatic rings. The first-order valence-corrected chi connectivity index (χ1v) is 12.8. The van der Waals surface area contributed by atoms with Gasteiger partial charge in [-0.1, -0.05) is 0 Å². The molecule has 0 fully saturated rings. The van der Waals surface area contributed by atoms with E-state index in [9.17, 15) is 0 Å². The molecule has 1 heteroatoms. The van der Waals surface area contributed by atoms with Gasteiger partial charge in [0.15, 0.2) is 0 Å². The summed E-state index contributed by atoms with van der Waals surface area (Å²) in [4.78, 5) is 0. The Kier molecular flexibility index (Phi) is 3.72. The van der Waals surface area contributed by atoms with Crippen LogP contribution in [0.15, 0.2) is 40.5 Å². The van der Waals surface area contributed by atoms with Crippen molar-refractivity contribution < 1.29 is 22.9 Å². The standard InChI is InChI=1S/C13H13.C9H13.Hf/c1-9-5-6-12-7-10-3-2-4-11(10)8-13(9)12;1-6-5-7(2)9(4)8(6)3;/h5-8H,2-4H2,1H3;5H,1-4H3;. The molecule has 1 unspecified atom stereocenters. The molecular weight excluding hydrogens is 443 g/mol. The minimum absolute atomic E-state index is 0.380. The molecule has 0 bridgehead atoms. The van der Waals surface area contributed by atoms with Crippen LogP contribution in [0.5, 0.6) is 0 Å². The maximum absolute atomic E-state index is 2.58. The van der Waals surface area contributed by atoms with Crippen molar-refractivity contribution in [1.82, 2.24) is 0 Å². The first-order valence-electron chi connectivity index (χ1n) is 8.89. The van der Waals surface area contributed by atoms with E-state index in [1.165, 1.54) is 24.8 Å². The Morgan fingerprint density at radius 1 is 0.957 bits per heavy atom. The Hall–Kier alpha value is -0.690. The van der Waals surface area contributed by atoms with Crippen molar-refractivity contribution in [3.05, 3.63) is 62.8 Å². The van der Waals surface area contributed by atoms with Gasteiger partial charge in [-0.05, 0) is 0 Å². The molecule has 4 rings (SSSR count). The van der Waals surface area contributed by atoms with Gasteiger partial charge in [0.05, 0.1) is 0 Å². The Morgan fingerprint density at radius 2 is 1.57 bits per heavy atom. The van der Waals surface area contributed by atoms with Crippen LogP contribution in [0.1, 0.15) is 63.3 Å². The quantitative estimate of drug-likeness (QED) is 0.469. The molecule has 0 spiro atoms. The molecule has 1 atom stereocenters. The van der Waals surface area contributed by atoms with Crippen molar-refractivity contribution in [3.63, 3.8) is 0 Å². The van der Waals surface area contributed by atoms with Gasteiger partial charge in [-0.2, -0.15) is 0 Å². The first-order chi connectivity index (χ1) is 10.9. The molecule has 1 aromatic rings. The van der Waals surface area contributed by atoms with Crippen LogP contribution in [0.2, 0.25) is 3.67 Å². The normalized spacial score (nSPS) is 26.3. The second-order valence-electron chi connectivity index (χ2n) is 7.79. The number of rotatable bonds is 2. The predicted octanol–water partition coefficient (Wildman–Crippen LogP) is 5.97. The first kappa shape index (κ1) is 15.8. The summed E-state index contributed by atoms with van der Waals surface area (Å²) < 4.78 is 1.19. The molecule has 118 valence electrons. The van der Waals surface area contributed by atoms with Gasteiger partial charge in [0.25, 0.3) is 0 Å². The van der Waals surface area contributed by atoms with E-state index < -0.39 is 22.9 Å². The van der Waals surface area contributed by atoms with Crippen LogP contribution >= 0.6 is 0 Å². The molecule has 1 aromatic carbocycles. The fraction of sp³-hybridized carbons (Fsp3) is 0.455. The summed E-state index contributed by atoms with van der Waals surface area (Å²) >= 11 is -0.928. The number of hydrogen-bond donors (Lipinski definition) is 0. The number of fused-ring (bicyclic) bond motifs is 2. The minimum atomic E-state index is -0.928. The molecule has 0 N–H and O–H groups in total. The molecule has 3 aliphatic carbocycles. The molecule has 23 heavy (non-hydrogen) atoms. The zero-order chi connectivity index (χ0) is 16.4. The molecule has 0 saturated carbocycles. The van der Waals surface area contributed by atoms with Crippen LogP contribution in [0.3, 0.4) is 0 Å². The average molecular weight is 469 g/mol. The van der Waals surface area contributed by atoms with E-state index in [2.05, 4.69) is 58.9 Å². The van der Waals surface area contributed by atoms with E-state index in [1.54, 1.807) is 39.0 Å². The Morgan fingerprint density at radius 3 is 2.22 bits per heavy atom. The summed E-state index contributed by atoms with van der Waals surface area (Å²) in [6.45, 7) is 12.0. The Bertz CT molecular complexity index is 766. The van der Waals surface area contributed by atoms with E-state index in [0.717, 1.165) is 3.67 Å². The van der Waals surface area contributed by atoms with Crippen molar-refractivity contribution in [2.45, 2.75) is 60.7 Å². The maximum atomic E-state index is 2.58. The van der Waals surface area contributed by atoms with Crippen LogP contribution in [-0.4, -0.2) is 0 Å². The number of benzene rings is 1. The molecule has 0 amide bonds. The van der Waals surface area contributed by atoms with Crippen LogP contribution in [0.25, 0.3) is 6.08 Å². The third kappa shape index (κ3) is 2.34. The van der Waals surface area contributed by atoms with Gasteiger partial charge >= 0.3 is 152 Å². The van der Waals surface area contributed by atoms with E-state index in [0.29, 0.717) is 3.17 Å². The summed E-state index contributed by atoms with van der Waals surface area (Å²) in [5.41, 5.74) is 12.9. The predicted molar refractivity (Wildman–Crippen MR) is 95.4 cm³/mol. The van der Waals surface area contributed by atoms with Crippen molar-refractivity contribution in [2.24, 2.45) is 0 Å². The molecule has 0 aliphatic heterocycles. The molecule has 0 nitrogen and oxygen atoms in total. The monoisotopic (exact) mass is 470 g/mol. The summed E-state index contributed by atoms with van der Waals surface area (Å²) in [6, 6.07) is 5.08. The third-order valence-electron chi connectivity index (χ3n) is 6.48. The van der Waals surface area contributed by atoms with E-state index >= 15 is 0 Å².